The van der Waals surface area contributed by atoms with Crippen molar-refractivity contribution in [1.29, 1.82) is 0 Å². The monoisotopic (exact) mass is 333 g/mol. The third-order valence-corrected chi connectivity index (χ3v) is 3.44. The lowest BCUT2D eigenvalue weighted by molar-refractivity contribution is 0.621. The summed E-state index contributed by atoms with van der Waals surface area (Å²) in [6.45, 7) is 0. The molecule has 0 aliphatic heterocycles. The van der Waals surface area contributed by atoms with Gasteiger partial charge in [0.1, 0.15) is 11.5 Å². The van der Waals surface area contributed by atoms with Crippen LogP contribution in [0, 0.1) is 5.82 Å². The third kappa shape index (κ3) is 2.83. The number of nitrogen functional groups attached to an aromatic ring is 1. The molecule has 2 rings (SSSR count). The minimum absolute atomic E-state index is 0.183. The lowest BCUT2D eigenvalue weighted by Crippen LogP contribution is -1.96. The van der Waals surface area contributed by atoms with Crippen LogP contribution in [-0.2, 0) is 0 Å². The number of benzene rings is 1. The van der Waals surface area contributed by atoms with Gasteiger partial charge >= 0.3 is 0 Å². The molecule has 7 heteroatoms. The Kier molecular flexibility index (Phi) is 3.76. The van der Waals surface area contributed by atoms with Gasteiger partial charge in [-0.15, -0.1) is 0 Å². The number of rotatable bonds is 2. The van der Waals surface area contributed by atoms with Crippen molar-refractivity contribution >= 4 is 55.6 Å². The van der Waals surface area contributed by atoms with E-state index < -0.39 is 0 Å². The maximum absolute atomic E-state index is 13.0. The first-order chi connectivity index (χ1) is 8.08. The fourth-order valence-corrected chi connectivity index (χ4v) is 2.36. The molecule has 3 nitrogen and oxygen atoms in total. The molecule has 0 aliphatic carbocycles. The Morgan fingerprint density at radius 3 is 2.88 bits per heavy atom. The molecule has 1 aromatic heterocycles. The van der Waals surface area contributed by atoms with Crippen LogP contribution in [-0.4, -0.2) is 9.54 Å². The zero-order chi connectivity index (χ0) is 12.4. The van der Waals surface area contributed by atoms with Crippen LogP contribution in [0.15, 0.2) is 33.0 Å². The summed E-state index contributed by atoms with van der Waals surface area (Å²) < 4.78 is 17.4. The Hall–Kier alpha value is -0.980. The van der Waals surface area contributed by atoms with Crippen molar-refractivity contribution in [2.24, 2.45) is 4.99 Å². The van der Waals surface area contributed by atoms with Gasteiger partial charge in [-0.05, 0) is 45.7 Å². The van der Waals surface area contributed by atoms with Crippen LogP contribution in [0.5, 0.6) is 0 Å². The Morgan fingerprint density at radius 2 is 2.29 bits per heavy atom. The summed E-state index contributed by atoms with van der Waals surface area (Å²) in [5.74, 6) is -0.353. The van der Waals surface area contributed by atoms with Gasteiger partial charge in [0.05, 0.1) is 15.8 Å². The highest BCUT2D eigenvalue weighted by atomic mass is 79.9. The average Bonchev–Trinajstić information content (AvgIpc) is 2.70. The number of anilines is 1. The van der Waals surface area contributed by atoms with Crippen molar-refractivity contribution in [3.05, 3.63) is 39.6 Å². The Morgan fingerprint density at radius 1 is 1.53 bits per heavy atom. The van der Waals surface area contributed by atoms with Crippen LogP contribution in [0.1, 0.15) is 5.69 Å². The zero-order valence-electron chi connectivity index (χ0n) is 8.32. The molecule has 1 heterocycles. The number of nitrogens with two attached hydrogens (primary N) is 1. The van der Waals surface area contributed by atoms with Gasteiger partial charge in [-0.3, -0.25) is 0 Å². The molecule has 0 amide bonds. The maximum atomic E-state index is 13.0. The third-order valence-electron chi connectivity index (χ3n) is 1.92. The van der Waals surface area contributed by atoms with Gasteiger partial charge in [0.25, 0.3) is 0 Å². The van der Waals surface area contributed by atoms with E-state index >= 15 is 0 Å². The highest BCUT2D eigenvalue weighted by molar-refractivity contribution is 9.10. The summed E-state index contributed by atoms with van der Waals surface area (Å²) in [5.41, 5.74) is 7.10. The second-order valence-corrected chi connectivity index (χ2v) is 4.96. The summed E-state index contributed by atoms with van der Waals surface area (Å²) in [6.07, 6.45) is 0. The van der Waals surface area contributed by atoms with Crippen LogP contribution < -0.4 is 5.73 Å². The molecule has 0 spiro atoms. The summed E-state index contributed by atoms with van der Waals surface area (Å²) in [5, 5.41) is 1.86. The van der Waals surface area contributed by atoms with Gasteiger partial charge in [-0.25, -0.2) is 9.38 Å². The minimum Gasteiger partial charge on any atom is -0.396 e. The lowest BCUT2D eigenvalue weighted by atomic mass is 10.3. The number of aliphatic imine (C=N–C) groups is 1. The molecule has 0 saturated heterocycles. The molecular formula is C10H6BrClFN3S. The van der Waals surface area contributed by atoms with Crippen LogP contribution in [0.4, 0.5) is 15.8 Å². The molecule has 0 saturated carbocycles. The van der Waals surface area contributed by atoms with Gasteiger partial charge in [0.2, 0.25) is 0 Å². The molecular weight excluding hydrogens is 329 g/mol. The predicted octanol–water partition coefficient (Wildman–Crippen LogP) is 3.94. The lowest BCUT2D eigenvalue weighted by Gasteiger charge is -1.99. The van der Waals surface area contributed by atoms with Crippen molar-refractivity contribution in [2.45, 2.75) is 0 Å². The maximum Gasteiger partial charge on any atom is 0.158 e. The minimum atomic E-state index is -0.353. The Balaban J connectivity index is 2.36. The van der Waals surface area contributed by atoms with E-state index in [9.17, 15) is 4.39 Å². The fraction of sp³-hybridized carbons (Fsp3) is 0. The number of halogens is 3. The topological polar surface area (TPSA) is 51.3 Å². The van der Waals surface area contributed by atoms with Gasteiger partial charge in [0.15, 0.2) is 5.17 Å². The van der Waals surface area contributed by atoms with E-state index in [0.717, 1.165) is 0 Å². The molecule has 0 bridgehead atoms. The molecule has 0 fully saturated rings. The molecule has 0 unspecified atom stereocenters. The van der Waals surface area contributed by atoms with Crippen LogP contribution in [0.2, 0.25) is 0 Å². The fourth-order valence-electron chi connectivity index (χ4n) is 1.12. The highest BCUT2D eigenvalue weighted by Crippen LogP contribution is 2.24. The second kappa shape index (κ2) is 5.12. The van der Waals surface area contributed by atoms with Gasteiger partial charge in [0, 0.05) is 5.38 Å². The van der Waals surface area contributed by atoms with E-state index in [1.807, 2.05) is 0 Å². The van der Waals surface area contributed by atoms with Crippen molar-refractivity contribution < 1.29 is 4.39 Å². The molecule has 88 valence electrons. The van der Waals surface area contributed by atoms with Crippen molar-refractivity contribution in [1.82, 2.24) is 4.37 Å². The van der Waals surface area contributed by atoms with E-state index in [0.29, 0.717) is 21.5 Å². The largest absolute Gasteiger partial charge is 0.396 e. The second-order valence-electron chi connectivity index (χ2n) is 3.12. The molecule has 17 heavy (non-hydrogen) atoms. The van der Waals surface area contributed by atoms with Gasteiger partial charge < -0.3 is 5.73 Å². The van der Waals surface area contributed by atoms with Crippen LogP contribution >= 0.6 is 39.1 Å². The average molecular weight is 335 g/mol. The summed E-state index contributed by atoms with van der Waals surface area (Å²) in [6, 6.07) is 4.35. The van der Waals surface area contributed by atoms with Crippen LogP contribution in [0.25, 0.3) is 0 Å². The molecule has 0 radical (unpaired) electrons. The predicted molar refractivity (Wildman–Crippen MR) is 72.7 cm³/mol. The highest BCUT2D eigenvalue weighted by Gasteiger charge is 2.08. The summed E-state index contributed by atoms with van der Waals surface area (Å²) in [7, 11) is 0. The van der Waals surface area contributed by atoms with Crippen molar-refractivity contribution in [3.8, 4) is 0 Å². The first-order valence-corrected chi connectivity index (χ1v) is 6.48. The molecule has 2 aromatic rings. The Bertz CT molecular complexity index is 585. The molecule has 0 atom stereocenters. The number of aromatic nitrogens is 1. The number of hydrogen-bond acceptors (Lipinski definition) is 4. The van der Waals surface area contributed by atoms with E-state index in [2.05, 4.69) is 25.3 Å². The first-order valence-electron chi connectivity index (χ1n) is 4.47. The van der Waals surface area contributed by atoms with E-state index in [1.54, 1.807) is 5.38 Å². The summed E-state index contributed by atoms with van der Waals surface area (Å²) >= 11 is 10.3. The Labute approximate surface area is 114 Å². The summed E-state index contributed by atoms with van der Waals surface area (Å²) in [4.78, 5) is 4.11. The smallest absolute Gasteiger partial charge is 0.158 e. The number of nitrogens with zero attached hydrogens (tertiary/aromatic N) is 2. The quantitative estimate of drug-likeness (QED) is 0.846. The van der Waals surface area contributed by atoms with Crippen molar-refractivity contribution in [2.75, 3.05) is 5.73 Å². The number of hydrogen-bond donors (Lipinski definition) is 1. The first kappa shape index (κ1) is 12.5. The van der Waals surface area contributed by atoms with Gasteiger partial charge in [-0.1, -0.05) is 11.6 Å². The van der Waals surface area contributed by atoms with Gasteiger partial charge in [-0.2, -0.15) is 4.37 Å². The zero-order valence-corrected chi connectivity index (χ0v) is 11.5. The van der Waals surface area contributed by atoms with Crippen LogP contribution in [0.3, 0.4) is 0 Å². The SMILES string of the molecule is Nc1csnc1/C(Cl)=N\c1ccc(F)c(Br)c1. The molecule has 2 N–H and O–H groups in total. The molecule has 0 aliphatic rings. The van der Waals surface area contributed by atoms with E-state index in [1.165, 1.54) is 29.7 Å². The standard InChI is InChI=1S/C10H6BrClFN3S/c11-6-3-5(1-2-7(6)13)15-10(12)9-8(14)4-17-16-9/h1-4H,14H2/b15-10+. The van der Waals surface area contributed by atoms with E-state index in [-0.39, 0.29) is 11.0 Å². The van der Waals surface area contributed by atoms with E-state index in [4.69, 9.17) is 17.3 Å². The normalized spacial score (nSPS) is 11.8. The molecule has 1 aromatic carbocycles. The van der Waals surface area contributed by atoms with Crippen molar-refractivity contribution in [3.63, 3.8) is 0 Å².